The van der Waals surface area contributed by atoms with Crippen molar-refractivity contribution in [2.45, 2.75) is 76.4 Å². The van der Waals surface area contributed by atoms with Crippen LogP contribution in [0.2, 0.25) is 0 Å². The fourth-order valence-corrected chi connectivity index (χ4v) is 7.74. The minimum Gasteiger partial charge on any atom is -0.431 e. The van der Waals surface area contributed by atoms with Gasteiger partial charge in [-0.05, 0) is 79.4 Å². The Morgan fingerprint density at radius 1 is 1.10 bits per heavy atom. The van der Waals surface area contributed by atoms with Gasteiger partial charge >= 0.3 is 5.63 Å². The van der Waals surface area contributed by atoms with Gasteiger partial charge in [0.25, 0.3) is 0 Å². The second-order valence-electron chi connectivity index (χ2n) is 10.3. The maximum Gasteiger partial charge on any atom is 0.335 e. The first kappa shape index (κ1) is 19.3. The molecule has 3 fully saturated rings. The highest BCUT2D eigenvalue weighted by Gasteiger charge is 2.69. The molecule has 2 N–H and O–H groups in total. The first-order chi connectivity index (χ1) is 13.7. The predicted molar refractivity (Wildman–Crippen MR) is 107 cm³/mol. The van der Waals surface area contributed by atoms with Crippen molar-refractivity contribution in [3.8, 4) is 0 Å². The highest BCUT2D eigenvalue weighted by Crippen LogP contribution is 2.69. The lowest BCUT2D eigenvalue weighted by Gasteiger charge is -2.63. The van der Waals surface area contributed by atoms with Crippen LogP contribution in [0.25, 0.3) is 0 Å². The number of fused-ring (bicyclic) bond motifs is 5. The van der Waals surface area contributed by atoms with E-state index in [1.807, 2.05) is 12.1 Å². The number of aliphatic hydroxyl groups is 2. The molecule has 0 amide bonds. The van der Waals surface area contributed by atoms with E-state index in [1.165, 1.54) is 17.9 Å². The predicted octanol–water partition coefficient (Wildman–Crippen LogP) is 3.34. The van der Waals surface area contributed by atoms with Crippen LogP contribution in [-0.2, 0) is 4.79 Å². The molecule has 0 bridgehead atoms. The third-order valence-corrected chi connectivity index (χ3v) is 9.21. The molecule has 7 unspecified atom stereocenters. The average molecular weight is 398 g/mol. The van der Waals surface area contributed by atoms with Gasteiger partial charge in [0.1, 0.15) is 0 Å². The summed E-state index contributed by atoms with van der Waals surface area (Å²) in [6, 6.07) is 3.25. The maximum absolute atomic E-state index is 12.1. The number of hydrogen-bond acceptors (Lipinski definition) is 5. The number of hydrogen-bond donors (Lipinski definition) is 2. The standard InChI is InChI=1S/C24H30O5/c1-22-9-7-16(25)11-15(22)4-5-18-21(22)19(26)12-23(2)17(8-10-24(18,23)28)14-3-6-20(27)29-13-14/h3,6,11,13,17-19,21,26,28H,4-5,7-10,12H2,1-2H3. The van der Waals surface area contributed by atoms with Crippen molar-refractivity contribution in [2.24, 2.45) is 22.7 Å². The Hall–Kier alpha value is -1.72. The first-order valence-electron chi connectivity index (χ1n) is 10.9. The van der Waals surface area contributed by atoms with Gasteiger partial charge in [-0.1, -0.05) is 19.4 Å². The van der Waals surface area contributed by atoms with E-state index in [1.54, 1.807) is 0 Å². The van der Waals surface area contributed by atoms with E-state index in [9.17, 15) is 19.8 Å². The lowest BCUT2D eigenvalue weighted by Crippen LogP contribution is -2.64. The summed E-state index contributed by atoms with van der Waals surface area (Å²) in [5, 5.41) is 23.5. The van der Waals surface area contributed by atoms with Crippen molar-refractivity contribution in [2.75, 3.05) is 0 Å². The summed E-state index contributed by atoms with van der Waals surface area (Å²) >= 11 is 0. The molecule has 5 heteroatoms. The van der Waals surface area contributed by atoms with E-state index in [2.05, 4.69) is 13.8 Å². The Morgan fingerprint density at radius 2 is 1.90 bits per heavy atom. The zero-order chi connectivity index (χ0) is 20.6. The van der Waals surface area contributed by atoms with Gasteiger partial charge in [-0.2, -0.15) is 0 Å². The van der Waals surface area contributed by atoms with Gasteiger partial charge in [0.15, 0.2) is 5.78 Å². The zero-order valence-electron chi connectivity index (χ0n) is 17.2. The van der Waals surface area contributed by atoms with E-state index < -0.39 is 17.1 Å². The molecule has 156 valence electrons. The second-order valence-corrected chi connectivity index (χ2v) is 10.3. The lowest BCUT2D eigenvalue weighted by atomic mass is 9.44. The molecule has 3 saturated carbocycles. The number of ketones is 1. The Morgan fingerprint density at radius 3 is 2.62 bits per heavy atom. The number of rotatable bonds is 1. The van der Waals surface area contributed by atoms with Crippen LogP contribution in [0.5, 0.6) is 0 Å². The summed E-state index contributed by atoms with van der Waals surface area (Å²) in [5.41, 5.74) is 0.163. The summed E-state index contributed by atoms with van der Waals surface area (Å²) in [6.45, 7) is 4.29. The van der Waals surface area contributed by atoms with Crippen LogP contribution < -0.4 is 5.63 Å². The summed E-state index contributed by atoms with van der Waals surface area (Å²) in [7, 11) is 0. The number of carbonyl (C=O) groups is 1. The Kier molecular flexibility index (Phi) is 4.08. The van der Waals surface area contributed by atoms with Crippen LogP contribution in [0.4, 0.5) is 0 Å². The van der Waals surface area contributed by atoms with E-state index >= 15 is 0 Å². The summed E-state index contributed by atoms with van der Waals surface area (Å²) in [6.07, 6.45) is 7.75. The first-order valence-corrected chi connectivity index (χ1v) is 10.9. The van der Waals surface area contributed by atoms with E-state index in [0.717, 1.165) is 31.2 Å². The molecule has 7 atom stereocenters. The quantitative estimate of drug-likeness (QED) is 0.758. The molecule has 0 saturated heterocycles. The second kappa shape index (κ2) is 6.14. The Bertz CT molecular complexity index is 926. The zero-order valence-corrected chi connectivity index (χ0v) is 17.2. The minimum atomic E-state index is -0.867. The fraction of sp³-hybridized carbons (Fsp3) is 0.667. The van der Waals surface area contributed by atoms with Crippen molar-refractivity contribution >= 4 is 5.78 Å². The molecule has 0 aliphatic heterocycles. The van der Waals surface area contributed by atoms with Gasteiger partial charge < -0.3 is 14.6 Å². The van der Waals surface area contributed by atoms with Crippen LogP contribution in [0.3, 0.4) is 0 Å². The van der Waals surface area contributed by atoms with Crippen LogP contribution in [0, 0.1) is 22.7 Å². The molecule has 1 aromatic rings. The molecular weight excluding hydrogens is 368 g/mol. The maximum atomic E-state index is 12.1. The minimum absolute atomic E-state index is 0.00678. The van der Waals surface area contributed by atoms with Crippen molar-refractivity contribution in [3.63, 3.8) is 0 Å². The lowest BCUT2D eigenvalue weighted by molar-refractivity contribution is -0.213. The van der Waals surface area contributed by atoms with Crippen molar-refractivity contribution in [1.82, 2.24) is 0 Å². The molecule has 5 rings (SSSR count). The largest absolute Gasteiger partial charge is 0.431 e. The highest BCUT2D eigenvalue weighted by atomic mass is 16.4. The SMILES string of the molecule is CC12CCC(=O)C=C1CCC1C2C(O)CC2(C)C(c3ccc(=O)oc3)CCC12O. The normalized spacial score (nSPS) is 46.5. The molecule has 1 aromatic heterocycles. The highest BCUT2D eigenvalue weighted by molar-refractivity contribution is 5.91. The van der Waals surface area contributed by atoms with Crippen LogP contribution in [0.1, 0.15) is 70.3 Å². The molecule has 29 heavy (non-hydrogen) atoms. The number of carbonyl (C=O) groups excluding carboxylic acids is 1. The van der Waals surface area contributed by atoms with E-state index in [4.69, 9.17) is 4.42 Å². The molecule has 5 nitrogen and oxygen atoms in total. The van der Waals surface area contributed by atoms with Gasteiger partial charge in [-0.15, -0.1) is 0 Å². The van der Waals surface area contributed by atoms with Crippen LogP contribution >= 0.6 is 0 Å². The van der Waals surface area contributed by atoms with Crippen LogP contribution in [0.15, 0.2) is 39.3 Å². The topological polar surface area (TPSA) is 87.7 Å². The van der Waals surface area contributed by atoms with Crippen LogP contribution in [-0.4, -0.2) is 27.7 Å². The van der Waals surface area contributed by atoms with Crippen molar-refractivity contribution < 1.29 is 19.4 Å². The van der Waals surface area contributed by atoms with Gasteiger partial charge in [-0.3, -0.25) is 4.79 Å². The molecule has 0 radical (unpaired) electrons. The van der Waals surface area contributed by atoms with E-state index in [0.29, 0.717) is 19.3 Å². The number of allylic oxidation sites excluding steroid dienone is 1. The van der Waals surface area contributed by atoms with Crippen molar-refractivity contribution in [1.29, 1.82) is 0 Å². The monoisotopic (exact) mass is 398 g/mol. The summed E-state index contributed by atoms with van der Waals surface area (Å²) in [5.74, 6) is 0.217. The fourth-order valence-electron chi connectivity index (χ4n) is 7.74. The molecule has 4 aliphatic rings. The van der Waals surface area contributed by atoms with Gasteiger partial charge in [0.2, 0.25) is 0 Å². The summed E-state index contributed by atoms with van der Waals surface area (Å²) in [4.78, 5) is 23.4. The third kappa shape index (κ3) is 2.46. The Balaban J connectivity index is 1.56. The molecule has 0 aromatic carbocycles. The smallest absolute Gasteiger partial charge is 0.335 e. The van der Waals surface area contributed by atoms with Crippen molar-refractivity contribution in [3.05, 3.63) is 46.0 Å². The molecular formula is C24H30O5. The van der Waals surface area contributed by atoms with Gasteiger partial charge in [-0.25, -0.2) is 4.79 Å². The van der Waals surface area contributed by atoms with E-state index in [-0.39, 0.29) is 34.6 Å². The van der Waals surface area contributed by atoms with Gasteiger partial charge in [0, 0.05) is 17.9 Å². The molecule has 0 spiro atoms. The molecule has 1 heterocycles. The average Bonchev–Trinajstić information content (AvgIpc) is 2.94. The van der Waals surface area contributed by atoms with Gasteiger partial charge in [0.05, 0.1) is 18.0 Å². The molecule has 4 aliphatic carbocycles. The third-order valence-electron chi connectivity index (χ3n) is 9.21. The Labute approximate surface area is 170 Å². The summed E-state index contributed by atoms with van der Waals surface area (Å²) < 4.78 is 5.12. The number of aliphatic hydroxyl groups excluding tert-OH is 1.